The number of anilines is 2. The third-order valence-corrected chi connectivity index (χ3v) is 4.39. The van der Waals surface area contributed by atoms with Crippen LogP contribution in [0.4, 0.5) is 15.8 Å². The minimum absolute atomic E-state index is 0.271. The molecule has 0 aliphatic carbocycles. The standard InChI is InChI=1S/C19H20FN3O2/c1-21(16-5-3-2-4-6-16)18(24)19(25)23-13-11-22(12-14-23)17-9-7-15(20)8-10-17/h2-10H,11-14H2,1H3. The molecule has 0 aromatic heterocycles. The first-order valence-electron chi connectivity index (χ1n) is 8.19. The molecule has 3 rings (SSSR count). The van der Waals surface area contributed by atoms with Crippen molar-refractivity contribution >= 4 is 23.2 Å². The van der Waals surface area contributed by atoms with Crippen LogP contribution >= 0.6 is 0 Å². The maximum atomic E-state index is 13.0. The van der Waals surface area contributed by atoms with Crippen molar-refractivity contribution in [1.29, 1.82) is 0 Å². The molecule has 130 valence electrons. The first-order chi connectivity index (χ1) is 12.1. The van der Waals surface area contributed by atoms with Crippen LogP contribution in [-0.4, -0.2) is 49.9 Å². The van der Waals surface area contributed by atoms with Gasteiger partial charge in [-0.05, 0) is 36.4 Å². The molecule has 0 spiro atoms. The van der Waals surface area contributed by atoms with Crippen molar-refractivity contribution in [3.63, 3.8) is 0 Å². The van der Waals surface area contributed by atoms with E-state index in [4.69, 9.17) is 0 Å². The van der Waals surface area contributed by atoms with Gasteiger partial charge in [0.15, 0.2) is 0 Å². The van der Waals surface area contributed by atoms with Crippen molar-refractivity contribution in [3.05, 3.63) is 60.4 Å². The Hall–Kier alpha value is -2.89. The number of nitrogens with zero attached hydrogens (tertiary/aromatic N) is 3. The number of hydrogen-bond donors (Lipinski definition) is 0. The van der Waals surface area contributed by atoms with Crippen LogP contribution < -0.4 is 9.80 Å². The Bertz CT molecular complexity index is 741. The Balaban J connectivity index is 1.59. The van der Waals surface area contributed by atoms with E-state index in [1.165, 1.54) is 17.0 Å². The van der Waals surface area contributed by atoms with Gasteiger partial charge in [0.25, 0.3) is 0 Å². The van der Waals surface area contributed by atoms with Gasteiger partial charge in [-0.3, -0.25) is 9.59 Å². The fraction of sp³-hybridized carbons (Fsp3) is 0.263. The number of rotatable bonds is 2. The number of carbonyl (C=O) groups is 2. The highest BCUT2D eigenvalue weighted by molar-refractivity contribution is 6.40. The highest BCUT2D eigenvalue weighted by Crippen LogP contribution is 2.18. The van der Waals surface area contributed by atoms with Crippen molar-refractivity contribution in [2.75, 3.05) is 43.0 Å². The van der Waals surface area contributed by atoms with E-state index in [1.54, 1.807) is 36.2 Å². The van der Waals surface area contributed by atoms with Crippen molar-refractivity contribution in [2.24, 2.45) is 0 Å². The van der Waals surface area contributed by atoms with Gasteiger partial charge in [-0.1, -0.05) is 18.2 Å². The molecule has 0 N–H and O–H groups in total. The SMILES string of the molecule is CN(C(=O)C(=O)N1CCN(c2ccc(F)cc2)CC1)c1ccccc1. The Morgan fingerprint density at radius 2 is 1.52 bits per heavy atom. The first kappa shape index (κ1) is 17.0. The third kappa shape index (κ3) is 3.79. The molecule has 0 radical (unpaired) electrons. The number of hydrogen-bond acceptors (Lipinski definition) is 3. The predicted molar refractivity (Wildman–Crippen MR) is 95.0 cm³/mol. The normalized spacial score (nSPS) is 14.3. The molecule has 0 saturated carbocycles. The Kier molecular flexibility index (Phi) is 4.97. The lowest BCUT2D eigenvalue weighted by Crippen LogP contribution is -2.53. The summed E-state index contributed by atoms with van der Waals surface area (Å²) in [6.45, 7) is 2.15. The summed E-state index contributed by atoms with van der Waals surface area (Å²) in [5.41, 5.74) is 1.60. The average Bonchev–Trinajstić information content (AvgIpc) is 2.67. The monoisotopic (exact) mass is 341 g/mol. The maximum absolute atomic E-state index is 13.0. The molecule has 1 heterocycles. The molecule has 2 aromatic rings. The molecule has 1 aliphatic heterocycles. The Labute approximate surface area is 146 Å². The van der Waals surface area contributed by atoms with E-state index in [2.05, 4.69) is 4.90 Å². The second kappa shape index (κ2) is 7.34. The third-order valence-electron chi connectivity index (χ3n) is 4.39. The van der Waals surface area contributed by atoms with Gasteiger partial charge in [0.05, 0.1) is 0 Å². The molecule has 1 aliphatic rings. The molecule has 2 aromatic carbocycles. The second-order valence-electron chi connectivity index (χ2n) is 5.96. The number of piperazine rings is 1. The summed E-state index contributed by atoms with van der Waals surface area (Å²) in [7, 11) is 1.60. The van der Waals surface area contributed by atoms with Crippen LogP contribution in [0.2, 0.25) is 0 Å². The summed E-state index contributed by atoms with van der Waals surface area (Å²) in [4.78, 5) is 29.9. The number of carbonyl (C=O) groups excluding carboxylic acids is 2. The van der Waals surface area contributed by atoms with Gasteiger partial charge in [0.1, 0.15) is 5.82 Å². The molecule has 5 nitrogen and oxygen atoms in total. The van der Waals surface area contributed by atoms with E-state index in [0.29, 0.717) is 31.9 Å². The summed E-state index contributed by atoms with van der Waals surface area (Å²) in [6.07, 6.45) is 0. The molecule has 6 heteroatoms. The highest BCUT2D eigenvalue weighted by atomic mass is 19.1. The van der Waals surface area contributed by atoms with Crippen LogP contribution in [0.1, 0.15) is 0 Å². The summed E-state index contributed by atoms with van der Waals surface area (Å²) in [5, 5.41) is 0. The van der Waals surface area contributed by atoms with Crippen LogP contribution in [0.3, 0.4) is 0 Å². The fourth-order valence-corrected chi connectivity index (χ4v) is 2.87. The first-order valence-corrected chi connectivity index (χ1v) is 8.19. The molecule has 1 saturated heterocycles. The number of para-hydroxylation sites is 1. The van der Waals surface area contributed by atoms with Gasteiger partial charge in [0, 0.05) is 44.6 Å². The summed E-state index contributed by atoms with van der Waals surface area (Å²) >= 11 is 0. The van der Waals surface area contributed by atoms with Crippen molar-refractivity contribution in [2.45, 2.75) is 0 Å². The average molecular weight is 341 g/mol. The van der Waals surface area contributed by atoms with Crippen molar-refractivity contribution in [1.82, 2.24) is 4.90 Å². The van der Waals surface area contributed by atoms with Crippen LogP contribution in [0.25, 0.3) is 0 Å². The predicted octanol–water partition coefficient (Wildman–Crippen LogP) is 2.14. The molecule has 25 heavy (non-hydrogen) atoms. The molecule has 0 bridgehead atoms. The number of benzene rings is 2. The van der Waals surface area contributed by atoms with Crippen LogP contribution in [0, 0.1) is 5.82 Å². The minimum atomic E-state index is -0.540. The smallest absolute Gasteiger partial charge is 0.316 e. The lowest BCUT2D eigenvalue weighted by atomic mass is 10.2. The highest BCUT2D eigenvalue weighted by Gasteiger charge is 2.28. The minimum Gasteiger partial charge on any atom is -0.368 e. The number of likely N-dealkylation sites (N-methyl/N-ethyl adjacent to an activating group) is 1. The number of halogens is 1. The quantitative estimate of drug-likeness (QED) is 0.786. The largest absolute Gasteiger partial charge is 0.368 e. The van der Waals surface area contributed by atoms with E-state index in [-0.39, 0.29) is 5.82 Å². The zero-order chi connectivity index (χ0) is 17.8. The topological polar surface area (TPSA) is 43.9 Å². The van der Waals surface area contributed by atoms with Crippen molar-refractivity contribution < 1.29 is 14.0 Å². The zero-order valence-electron chi connectivity index (χ0n) is 14.1. The van der Waals surface area contributed by atoms with E-state index >= 15 is 0 Å². The van der Waals surface area contributed by atoms with Gasteiger partial charge in [-0.15, -0.1) is 0 Å². The van der Waals surface area contributed by atoms with E-state index < -0.39 is 11.8 Å². The van der Waals surface area contributed by atoms with Gasteiger partial charge < -0.3 is 14.7 Å². The second-order valence-corrected chi connectivity index (χ2v) is 5.96. The Morgan fingerprint density at radius 1 is 0.920 bits per heavy atom. The summed E-state index contributed by atoms with van der Waals surface area (Å²) < 4.78 is 13.0. The zero-order valence-corrected chi connectivity index (χ0v) is 14.1. The summed E-state index contributed by atoms with van der Waals surface area (Å²) in [5.74, 6) is -1.31. The van der Waals surface area contributed by atoms with Crippen LogP contribution in [0.15, 0.2) is 54.6 Å². The van der Waals surface area contributed by atoms with Crippen LogP contribution in [-0.2, 0) is 9.59 Å². The molecule has 1 fully saturated rings. The van der Waals surface area contributed by atoms with E-state index in [1.807, 2.05) is 18.2 Å². The van der Waals surface area contributed by atoms with Gasteiger partial charge in [0.2, 0.25) is 0 Å². The van der Waals surface area contributed by atoms with E-state index in [9.17, 15) is 14.0 Å². The maximum Gasteiger partial charge on any atom is 0.316 e. The van der Waals surface area contributed by atoms with Gasteiger partial charge in [-0.25, -0.2) is 4.39 Å². The van der Waals surface area contributed by atoms with Crippen molar-refractivity contribution in [3.8, 4) is 0 Å². The number of amides is 2. The Morgan fingerprint density at radius 3 is 2.12 bits per heavy atom. The summed E-state index contributed by atoms with van der Waals surface area (Å²) in [6, 6.07) is 15.4. The molecular weight excluding hydrogens is 321 g/mol. The van der Waals surface area contributed by atoms with Gasteiger partial charge >= 0.3 is 11.8 Å². The molecule has 0 atom stereocenters. The molecular formula is C19H20FN3O2. The van der Waals surface area contributed by atoms with Gasteiger partial charge in [-0.2, -0.15) is 0 Å². The van der Waals surface area contributed by atoms with E-state index in [0.717, 1.165) is 5.69 Å². The van der Waals surface area contributed by atoms with Crippen LogP contribution in [0.5, 0.6) is 0 Å². The fourth-order valence-electron chi connectivity index (χ4n) is 2.87. The lowest BCUT2D eigenvalue weighted by molar-refractivity contribution is -0.144. The molecule has 0 unspecified atom stereocenters. The molecule has 2 amide bonds. The lowest BCUT2D eigenvalue weighted by Gasteiger charge is -2.36.